The first kappa shape index (κ1) is 30.6. The number of aromatic nitrogens is 2. The van der Waals surface area contributed by atoms with Crippen LogP contribution >= 0.6 is 27.5 Å². The van der Waals surface area contributed by atoms with Crippen LogP contribution in [0.15, 0.2) is 56.8 Å². The lowest BCUT2D eigenvalue weighted by molar-refractivity contribution is 0.207. The van der Waals surface area contributed by atoms with Crippen molar-refractivity contribution < 1.29 is 14.2 Å². The third kappa shape index (κ3) is 6.28. The SMILES string of the molecule is CCOc1cc(C)c(-c2nc3ccccc3c(=O)n2N=Cc2cc(OC)c(O[C@H](C)CC)c(Cl)c2Br)cc1C(C)C. The fourth-order valence-corrected chi connectivity index (χ4v) is 5.08. The third-order valence-corrected chi connectivity index (χ3v) is 8.30. The molecule has 0 spiro atoms. The molecular weight excluding hydrogens is 606 g/mol. The molecule has 1 aromatic heterocycles. The molecular formula is C32H35BrClN3O4. The van der Waals surface area contributed by atoms with Crippen molar-refractivity contribution in [2.24, 2.45) is 5.10 Å². The van der Waals surface area contributed by atoms with Gasteiger partial charge in [0.1, 0.15) is 10.8 Å². The fraction of sp³-hybridized carbons (Fsp3) is 0.344. The molecule has 0 fully saturated rings. The zero-order valence-corrected chi connectivity index (χ0v) is 26.8. The van der Waals surface area contributed by atoms with E-state index in [1.54, 1.807) is 25.5 Å². The lowest BCUT2D eigenvalue weighted by atomic mass is 9.96. The molecule has 0 N–H and O–H groups in total. The van der Waals surface area contributed by atoms with Crippen LogP contribution in [0, 0.1) is 6.92 Å². The monoisotopic (exact) mass is 639 g/mol. The number of fused-ring (bicyclic) bond motifs is 1. The first-order chi connectivity index (χ1) is 19.6. The summed E-state index contributed by atoms with van der Waals surface area (Å²) in [6.45, 7) is 12.7. The highest BCUT2D eigenvalue weighted by Gasteiger charge is 2.21. The summed E-state index contributed by atoms with van der Waals surface area (Å²) in [5, 5.41) is 5.49. The second-order valence-corrected chi connectivity index (χ2v) is 11.2. The van der Waals surface area contributed by atoms with E-state index >= 15 is 0 Å². The highest BCUT2D eigenvalue weighted by atomic mass is 79.9. The third-order valence-electron chi connectivity index (χ3n) is 6.86. The van der Waals surface area contributed by atoms with Crippen molar-refractivity contribution in [1.82, 2.24) is 9.66 Å². The Balaban J connectivity index is 1.94. The molecule has 0 radical (unpaired) electrons. The number of halogens is 2. The molecule has 0 saturated heterocycles. The van der Waals surface area contributed by atoms with Gasteiger partial charge in [-0.05, 0) is 90.5 Å². The number of benzene rings is 3. The Morgan fingerprint density at radius 3 is 2.51 bits per heavy atom. The molecule has 4 aromatic rings. The van der Waals surface area contributed by atoms with Gasteiger partial charge in [-0.25, -0.2) is 4.98 Å². The van der Waals surface area contributed by atoms with Crippen molar-refractivity contribution in [3.8, 4) is 28.6 Å². The van der Waals surface area contributed by atoms with Gasteiger partial charge < -0.3 is 14.2 Å². The van der Waals surface area contributed by atoms with Crippen molar-refractivity contribution >= 4 is 44.6 Å². The maximum atomic E-state index is 13.8. The minimum absolute atomic E-state index is 0.0503. The first-order valence-corrected chi connectivity index (χ1v) is 14.8. The van der Waals surface area contributed by atoms with Gasteiger partial charge in [-0.1, -0.05) is 44.5 Å². The van der Waals surface area contributed by atoms with Crippen LogP contribution in [0.25, 0.3) is 22.3 Å². The number of hydrogen-bond donors (Lipinski definition) is 0. The number of hydrogen-bond acceptors (Lipinski definition) is 6. The molecule has 216 valence electrons. The molecule has 1 atom stereocenters. The Hall–Kier alpha value is -3.36. The second kappa shape index (κ2) is 13.1. The maximum absolute atomic E-state index is 13.8. The number of nitrogens with zero attached hydrogens (tertiary/aromatic N) is 3. The summed E-state index contributed by atoms with van der Waals surface area (Å²) in [5.41, 5.74) is 3.66. The molecule has 0 amide bonds. The normalized spacial score (nSPS) is 12.3. The van der Waals surface area contributed by atoms with Crippen LogP contribution in [0.4, 0.5) is 0 Å². The lowest BCUT2D eigenvalue weighted by Gasteiger charge is -2.19. The van der Waals surface area contributed by atoms with Crippen molar-refractivity contribution in [3.63, 3.8) is 0 Å². The van der Waals surface area contributed by atoms with Gasteiger partial charge in [0.05, 0.1) is 36.9 Å². The minimum atomic E-state index is -0.285. The van der Waals surface area contributed by atoms with Gasteiger partial charge >= 0.3 is 0 Å². The Labute approximate surface area is 254 Å². The number of ether oxygens (including phenoxy) is 3. The molecule has 4 rings (SSSR count). The smallest absolute Gasteiger partial charge is 0.282 e. The average Bonchev–Trinajstić information content (AvgIpc) is 2.95. The molecule has 0 aliphatic heterocycles. The average molecular weight is 641 g/mol. The molecule has 7 nitrogen and oxygen atoms in total. The van der Waals surface area contributed by atoms with Crippen molar-refractivity contribution in [1.29, 1.82) is 0 Å². The lowest BCUT2D eigenvalue weighted by Crippen LogP contribution is -2.21. The van der Waals surface area contributed by atoms with Gasteiger partial charge in [-0.15, -0.1) is 0 Å². The Morgan fingerprint density at radius 2 is 1.85 bits per heavy atom. The van der Waals surface area contributed by atoms with Gasteiger partial charge in [0.15, 0.2) is 17.3 Å². The van der Waals surface area contributed by atoms with Gasteiger partial charge in [-0.2, -0.15) is 9.78 Å². The first-order valence-electron chi connectivity index (χ1n) is 13.7. The summed E-state index contributed by atoms with van der Waals surface area (Å²) in [5.74, 6) is 2.37. The minimum Gasteiger partial charge on any atom is -0.494 e. The highest BCUT2D eigenvalue weighted by Crippen LogP contribution is 2.43. The number of aryl methyl sites for hydroxylation is 1. The number of rotatable bonds is 10. The van der Waals surface area contributed by atoms with Crippen LogP contribution in [-0.2, 0) is 0 Å². The molecule has 0 aliphatic rings. The predicted octanol–water partition coefficient (Wildman–Crippen LogP) is 8.38. The van der Waals surface area contributed by atoms with E-state index in [1.165, 1.54) is 4.68 Å². The van der Waals surface area contributed by atoms with Crippen LogP contribution in [0.2, 0.25) is 5.02 Å². The van der Waals surface area contributed by atoms with E-state index in [0.29, 0.717) is 49.9 Å². The zero-order valence-electron chi connectivity index (χ0n) is 24.4. The molecule has 0 saturated carbocycles. The van der Waals surface area contributed by atoms with Gasteiger partial charge in [0, 0.05) is 15.6 Å². The molecule has 3 aromatic carbocycles. The molecule has 0 unspecified atom stereocenters. The number of methoxy groups -OCH3 is 1. The Bertz CT molecular complexity index is 1670. The van der Waals surface area contributed by atoms with Gasteiger partial charge in [0.2, 0.25) is 0 Å². The Morgan fingerprint density at radius 1 is 1.12 bits per heavy atom. The Kier molecular flexibility index (Phi) is 9.76. The van der Waals surface area contributed by atoms with E-state index in [0.717, 1.165) is 28.9 Å². The molecule has 0 bridgehead atoms. The largest absolute Gasteiger partial charge is 0.494 e. The maximum Gasteiger partial charge on any atom is 0.282 e. The molecule has 9 heteroatoms. The van der Waals surface area contributed by atoms with Crippen molar-refractivity contribution in [2.75, 3.05) is 13.7 Å². The van der Waals surface area contributed by atoms with E-state index in [2.05, 4.69) is 34.9 Å². The standard InChI is InChI=1S/C32H35BrClN3O4/c1-8-20(6)41-30-27(39-7)15-21(28(33)29(30)34)17-35-37-31(36-25-13-11-10-12-22(25)32(37)38)24-16-23(18(3)4)26(40-9-2)14-19(24)5/h10-18,20H,8-9H2,1-7H3/t20-/m1/s1. The predicted molar refractivity (Wildman–Crippen MR) is 171 cm³/mol. The van der Waals surface area contributed by atoms with E-state index in [4.69, 9.17) is 30.8 Å². The van der Waals surface area contributed by atoms with Crippen LogP contribution in [0.1, 0.15) is 63.6 Å². The molecule has 1 heterocycles. The molecule has 0 aliphatic carbocycles. The zero-order chi connectivity index (χ0) is 29.8. The van der Waals surface area contributed by atoms with Crippen LogP contribution < -0.4 is 19.8 Å². The number of para-hydroxylation sites is 1. The second-order valence-electron chi connectivity index (χ2n) is 10.1. The summed E-state index contributed by atoms with van der Waals surface area (Å²) in [6, 6.07) is 13.1. The summed E-state index contributed by atoms with van der Waals surface area (Å²) in [4.78, 5) is 18.7. The van der Waals surface area contributed by atoms with Crippen molar-refractivity contribution in [2.45, 2.75) is 60.0 Å². The summed E-state index contributed by atoms with van der Waals surface area (Å²) < 4.78 is 19.5. The summed E-state index contributed by atoms with van der Waals surface area (Å²) >= 11 is 10.3. The van der Waals surface area contributed by atoms with Crippen LogP contribution in [0.3, 0.4) is 0 Å². The van der Waals surface area contributed by atoms with Crippen LogP contribution in [-0.4, -0.2) is 35.7 Å². The van der Waals surface area contributed by atoms with Crippen LogP contribution in [0.5, 0.6) is 17.2 Å². The summed E-state index contributed by atoms with van der Waals surface area (Å²) in [7, 11) is 1.56. The van der Waals surface area contributed by atoms with E-state index in [9.17, 15) is 4.79 Å². The van der Waals surface area contributed by atoms with E-state index in [1.807, 2.05) is 58.0 Å². The van der Waals surface area contributed by atoms with Gasteiger partial charge in [-0.3, -0.25) is 4.79 Å². The molecule has 41 heavy (non-hydrogen) atoms. The van der Waals surface area contributed by atoms with Gasteiger partial charge in [0.25, 0.3) is 5.56 Å². The van der Waals surface area contributed by atoms with E-state index < -0.39 is 0 Å². The van der Waals surface area contributed by atoms with Crippen molar-refractivity contribution in [3.05, 3.63) is 79.0 Å². The highest BCUT2D eigenvalue weighted by molar-refractivity contribution is 9.10. The fourth-order valence-electron chi connectivity index (χ4n) is 4.44. The van der Waals surface area contributed by atoms with E-state index in [-0.39, 0.29) is 17.6 Å². The quantitative estimate of drug-likeness (QED) is 0.163. The summed E-state index contributed by atoms with van der Waals surface area (Å²) in [6.07, 6.45) is 2.33. The topological polar surface area (TPSA) is 74.9 Å².